The molecule has 1 amide bonds. The van der Waals surface area contributed by atoms with Gasteiger partial charge in [-0.15, -0.1) is 0 Å². The number of hydrogen-bond donors (Lipinski definition) is 1. The molecule has 0 aliphatic rings. The first-order valence-corrected chi connectivity index (χ1v) is 6.50. The Morgan fingerprint density at radius 3 is 2.59 bits per heavy atom. The van der Waals surface area contributed by atoms with Crippen molar-refractivity contribution in [2.24, 2.45) is 0 Å². The summed E-state index contributed by atoms with van der Waals surface area (Å²) in [5.74, 6) is -0.855. The largest absolute Gasteiger partial charge is 0.348 e. The van der Waals surface area contributed by atoms with Gasteiger partial charge in [0.25, 0.3) is 5.69 Å². The van der Waals surface area contributed by atoms with Crippen molar-refractivity contribution < 1.29 is 14.1 Å². The number of rotatable bonds is 5. The average Bonchev–Trinajstić information content (AvgIpc) is 2.52. The van der Waals surface area contributed by atoms with Crippen LogP contribution in [0.5, 0.6) is 0 Å². The molecule has 0 saturated heterocycles. The van der Waals surface area contributed by atoms with E-state index in [1.54, 1.807) is 36.4 Å². The minimum absolute atomic E-state index is 0.0483. The molecule has 5 nitrogen and oxygen atoms in total. The van der Waals surface area contributed by atoms with E-state index in [-0.39, 0.29) is 12.2 Å². The maximum Gasteiger partial charge on any atom is 0.276 e. The Labute approximate surface area is 126 Å². The number of hydrogen-bond acceptors (Lipinski definition) is 3. The maximum atomic E-state index is 13.4. The molecule has 0 unspecified atom stereocenters. The SMILES string of the molecule is O=C(/C=C/c1ccccc1[N+](=O)[O-])NCc1ccccc1F. The van der Waals surface area contributed by atoms with Crippen LogP contribution in [0.25, 0.3) is 6.08 Å². The highest BCUT2D eigenvalue weighted by atomic mass is 19.1. The first-order valence-electron chi connectivity index (χ1n) is 6.50. The summed E-state index contributed by atoms with van der Waals surface area (Å²) in [7, 11) is 0. The van der Waals surface area contributed by atoms with Crippen LogP contribution < -0.4 is 5.32 Å². The number of carbonyl (C=O) groups is 1. The van der Waals surface area contributed by atoms with Gasteiger partial charge >= 0.3 is 0 Å². The van der Waals surface area contributed by atoms with Gasteiger partial charge in [-0.05, 0) is 18.2 Å². The standard InChI is InChI=1S/C16H13FN2O3/c17-14-7-3-1-6-13(14)11-18-16(20)10-9-12-5-2-4-8-15(12)19(21)22/h1-10H,11H2,(H,18,20)/b10-9+. The van der Waals surface area contributed by atoms with Gasteiger partial charge in [0.15, 0.2) is 0 Å². The molecule has 2 aromatic carbocycles. The molecule has 0 bridgehead atoms. The van der Waals surface area contributed by atoms with E-state index in [0.29, 0.717) is 11.1 Å². The Balaban J connectivity index is 2.01. The molecule has 0 heterocycles. The van der Waals surface area contributed by atoms with Crippen LogP contribution in [0, 0.1) is 15.9 Å². The zero-order chi connectivity index (χ0) is 15.9. The topological polar surface area (TPSA) is 72.2 Å². The van der Waals surface area contributed by atoms with Gasteiger partial charge in [-0.1, -0.05) is 30.3 Å². The minimum atomic E-state index is -0.517. The van der Waals surface area contributed by atoms with Crippen molar-refractivity contribution in [2.75, 3.05) is 0 Å². The van der Waals surface area contributed by atoms with Gasteiger partial charge in [-0.3, -0.25) is 14.9 Å². The summed E-state index contributed by atoms with van der Waals surface area (Å²) < 4.78 is 13.4. The lowest BCUT2D eigenvalue weighted by Gasteiger charge is -2.03. The lowest BCUT2D eigenvalue weighted by Crippen LogP contribution is -2.20. The summed E-state index contributed by atoms with van der Waals surface area (Å²) in [6.07, 6.45) is 2.54. The Morgan fingerprint density at radius 1 is 1.18 bits per heavy atom. The molecule has 0 spiro atoms. The van der Waals surface area contributed by atoms with Crippen LogP contribution in [0.4, 0.5) is 10.1 Å². The van der Waals surface area contributed by atoms with Crippen LogP contribution in [0.15, 0.2) is 54.6 Å². The molecule has 2 aromatic rings. The summed E-state index contributed by atoms with van der Waals surface area (Å²) in [4.78, 5) is 22.0. The van der Waals surface area contributed by atoms with Crippen LogP contribution >= 0.6 is 0 Å². The minimum Gasteiger partial charge on any atom is -0.348 e. The van der Waals surface area contributed by atoms with Crippen LogP contribution in [0.3, 0.4) is 0 Å². The normalized spacial score (nSPS) is 10.6. The van der Waals surface area contributed by atoms with Crippen LogP contribution in [0.1, 0.15) is 11.1 Å². The highest BCUT2D eigenvalue weighted by Crippen LogP contribution is 2.18. The molecule has 112 valence electrons. The summed E-state index contributed by atoms with van der Waals surface area (Å²) in [5.41, 5.74) is 0.615. The Bertz CT molecular complexity index is 729. The molecule has 0 radical (unpaired) electrons. The second-order valence-corrected chi connectivity index (χ2v) is 4.46. The Morgan fingerprint density at radius 2 is 1.86 bits per heavy atom. The molecular formula is C16H13FN2O3. The maximum absolute atomic E-state index is 13.4. The zero-order valence-electron chi connectivity index (χ0n) is 11.5. The number of nitrogens with one attached hydrogen (secondary N) is 1. The Hall–Kier alpha value is -3.02. The second-order valence-electron chi connectivity index (χ2n) is 4.46. The Kier molecular flexibility index (Phi) is 4.98. The van der Waals surface area contributed by atoms with Crippen molar-refractivity contribution >= 4 is 17.7 Å². The summed E-state index contributed by atoms with van der Waals surface area (Å²) in [6, 6.07) is 12.2. The second kappa shape index (κ2) is 7.12. The number of nitro groups is 1. The number of carbonyl (C=O) groups excluding carboxylic acids is 1. The first kappa shape index (κ1) is 15.4. The zero-order valence-corrected chi connectivity index (χ0v) is 11.5. The van der Waals surface area contributed by atoms with Crippen molar-refractivity contribution in [3.05, 3.63) is 81.7 Å². The van der Waals surface area contributed by atoms with Gasteiger partial charge in [0.1, 0.15) is 5.82 Å². The number of nitro benzene ring substituents is 1. The van der Waals surface area contributed by atoms with E-state index in [0.717, 1.165) is 0 Å². The monoisotopic (exact) mass is 300 g/mol. The smallest absolute Gasteiger partial charge is 0.276 e. The molecule has 2 rings (SSSR count). The summed E-state index contributed by atoms with van der Waals surface area (Å²) in [6.45, 7) is 0.0483. The highest BCUT2D eigenvalue weighted by Gasteiger charge is 2.09. The molecular weight excluding hydrogens is 287 g/mol. The van der Waals surface area contributed by atoms with Crippen LogP contribution in [-0.2, 0) is 11.3 Å². The van der Waals surface area contributed by atoms with E-state index in [2.05, 4.69) is 5.32 Å². The summed E-state index contributed by atoms with van der Waals surface area (Å²) in [5, 5.41) is 13.4. The number of halogens is 1. The summed E-state index contributed by atoms with van der Waals surface area (Å²) >= 11 is 0. The van der Waals surface area contributed by atoms with Gasteiger partial charge in [0, 0.05) is 24.3 Å². The molecule has 6 heteroatoms. The predicted molar refractivity (Wildman–Crippen MR) is 80.4 cm³/mol. The van der Waals surface area contributed by atoms with E-state index >= 15 is 0 Å². The van der Waals surface area contributed by atoms with Crippen molar-refractivity contribution in [1.29, 1.82) is 0 Å². The van der Waals surface area contributed by atoms with Gasteiger partial charge in [0.2, 0.25) is 5.91 Å². The predicted octanol–water partition coefficient (Wildman–Crippen LogP) is 3.06. The van der Waals surface area contributed by atoms with Gasteiger partial charge in [-0.2, -0.15) is 0 Å². The van der Waals surface area contributed by atoms with E-state index < -0.39 is 16.6 Å². The van der Waals surface area contributed by atoms with Crippen molar-refractivity contribution in [3.63, 3.8) is 0 Å². The molecule has 1 N–H and O–H groups in total. The molecule has 0 aromatic heterocycles. The molecule has 0 saturated carbocycles. The van der Waals surface area contributed by atoms with Crippen LogP contribution in [0.2, 0.25) is 0 Å². The van der Waals surface area contributed by atoms with Gasteiger partial charge in [0.05, 0.1) is 10.5 Å². The lowest BCUT2D eigenvalue weighted by molar-refractivity contribution is -0.385. The fourth-order valence-electron chi connectivity index (χ4n) is 1.84. The number of nitrogens with zero attached hydrogens (tertiary/aromatic N) is 1. The van der Waals surface area contributed by atoms with Gasteiger partial charge < -0.3 is 5.32 Å². The third-order valence-corrected chi connectivity index (χ3v) is 2.96. The van der Waals surface area contributed by atoms with Crippen LogP contribution in [-0.4, -0.2) is 10.8 Å². The number of amides is 1. The molecule has 0 fully saturated rings. The fourth-order valence-corrected chi connectivity index (χ4v) is 1.84. The molecule has 22 heavy (non-hydrogen) atoms. The molecule has 0 aliphatic heterocycles. The third-order valence-electron chi connectivity index (χ3n) is 2.96. The first-order chi connectivity index (χ1) is 10.6. The van der Waals surface area contributed by atoms with Crippen molar-refractivity contribution in [2.45, 2.75) is 6.54 Å². The molecule has 0 aliphatic carbocycles. The van der Waals surface area contributed by atoms with E-state index in [4.69, 9.17) is 0 Å². The van der Waals surface area contributed by atoms with Crippen molar-refractivity contribution in [1.82, 2.24) is 5.32 Å². The average molecular weight is 300 g/mol. The highest BCUT2D eigenvalue weighted by molar-refractivity contribution is 5.92. The van der Waals surface area contributed by atoms with E-state index in [1.807, 2.05) is 0 Å². The molecule has 0 atom stereocenters. The lowest BCUT2D eigenvalue weighted by atomic mass is 10.1. The fraction of sp³-hybridized carbons (Fsp3) is 0.0625. The quantitative estimate of drug-likeness (QED) is 0.524. The number of benzene rings is 2. The number of para-hydroxylation sites is 1. The van der Waals surface area contributed by atoms with Crippen molar-refractivity contribution in [3.8, 4) is 0 Å². The third kappa shape index (κ3) is 3.99. The van der Waals surface area contributed by atoms with E-state index in [1.165, 1.54) is 24.3 Å². The van der Waals surface area contributed by atoms with E-state index in [9.17, 15) is 19.3 Å². The van der Waals surface area contributed by atoms with Gasteiger partial charge in [-0.25, -0.2) is 4.39 Å².